The van der Waals surface area contributed by atoms with E-state index >= 15 is 0 Å². The van der Waals surface area contributed by atoms with Crippen molar-refractivity contribution >= 4 is 38.2 Å². The number of hydrogen-bond acceptors (Lipinski definition) is 7. The van der Waals surface area contributed by atoms with Crippen molar-refractivity contribution in [3.8, 4) is 5.75 Å². The number of anilines is 1. The van der Waals surface area contributed by atoms with Gasteiger partial charge in [0.25, 0.3) is 5.56 Å². The predicted molar refractivity (Wildman–Crippen MR) is 161 cm³/mol. The van der Waals surface area contributed by atoms with E-state index < -0.39 is 50.8 Å². The molecule has 6 rings (SSSR count). The lowest BCUT2D eigenvalue weighted by atomic mass is 9.93. The molecule has 0 spiro atoms. The lowest BCUT2D eigenvalue weighted by Crippen LogP contribution is -2.40. The summed E-state index contributed by atoms with van der Waals surface area (Å²) in [4.78, 5) is 43.6. The van der Waals surface area contributed by atoms with Gasteiger partial charge in [-0.3, -0.25) is 14.4 Å². The monoisotopic (exact) mass is 619 g/mol. The molecule has 4 aromatic rings. The van der Waals surface area contributed by atoms with Crippen LogP contribution in [0.3, 0.4) is 0 Å². The third-order valence-corrected chi connectivity index (χ3v) is 10.7. The molecule has 2 heterocycles. The molecule has 1 aliphatic heterocycles. The average Bonchev–Trinajstić information content (AvgIpc) is 3.79. The second-order valence-corrected chi connectivity index (χ2v) is 13.3. The maximum Gasteiger partial charge on any atom is 0.309 e. The number of carbonyl (C=O) groups excluding carboxylic acids is 1. The van der Waals surface area contributed by atoms with Crippen molar-refractivity contribution in [2.45, 2.75) is 41.5 Å². The first-order valence-electron chi connectivity index (χ1n) is 14.2. The number of nitrogens with zero attached hydrogens (tertiary/aromatic N) is 1. The highest BCUT2D eigenvalue weighted by Crippen LogP contribution is 2.44. The SMILES string of the molecule is COc1cc([C@@H](Nc2ccc3cc[nH]c(=O)c3c2)C(=O)N2CC[C@H](C(=O)O)[C@@H]2c2ccccc2S(=O)(=O)C2CC2)ccc1F. The molecule has 3 atom stereocenters. The van der Waals surface area contributed by atoms with Crippen LogP contribution in [0.5, 0.6) is 5.75 Å². The van der Waals surface area contributed by atoms with E-state index in [2.05, 4.69) is 10.3 Å². The van der Waals surface area contributed by atoms with Crippen LogP contribution in [0, 0.1) is 11.7 Å². The van der Waals surface area contributed by atoms with Gasteiger partial charge in [0.2, 0.25) is 5.91 Å². The number of carboxylic acids is 1. The van der Waals surface area contributed by atoms with Crippen molar-refractivity contribution in [2.75, 3.05) is 19.0 Å². The molecule has 0 bridgehead atoms. The van der Waals surface area contributed by atoms with E-state index in [4.69, 9.17) is 4.74 Å². The molecule has 228 valence electrons. The van der Waals surface area contributed by atoms with E-state index in [0.29, 0.717) is 34.9 Å². The summed E-state index contributed by atoms with van der Waals surface area (Å²) in [7, 11) is -2.43. The van der Waals surface area contributed by atoms with E-state index in [1.54, 1.807) is 42.5 Å². The van der Waals surface area contributed by atoms with Crippen LogP contribution in [0.2, 0.25) is 0 Å². The Morgan fingerprint density at radius 1 is 1.07 bits per heavy atom. The molecule has 2 fully saturated rings. The number of carbonyl (C=O) groups is 2. The Morgan fingerprint density at radius 2 is 1.84 bits per heavy atom. The first-order valence-corrected chi connectivity index (χ1v) is 15.7. The normalized spacial score (nSPS) is 19.1. The van der Waals surface area contributed by atoms with Crippen LogP contribution in [-0.4, -0.2) is 54.2 Å². The number of aliphatic carboxylic acids is 1. The van der Waals surface area contributed by atoms with Crippen LogP contribution in [-0.2, 0) is 19.4 Å². The maximum absolute atomic E-state index is 14.5. The van der Waals surface area contributed by atoms with Gasteiger partial charge < -0.3 is 25.0 Å². The van der Waals surface area contributed by atoms with Crippen LogP contribution >= 0.6 is 0 Å². The quantitative estimate of drug-likeness (QED) is 0.249. The largest absolute Gasteiger partial charge is 0.494 e. The second-order valence-electron chi connectivity index (χ2n) is 11.1. The fourth-order valence-electron chi connectivity index (χ4n) is 5.97. The lowest BCUT2D eigenvalue weighted by Gasteiger charge is -2.32. The number of rotatable bonds is 9. The molecule has 0 radical (unpaired) electrons. The number of pyridine rings is 1. The van der Waals surface area contributed by atoms with E-state index in [9.17, 15) is 32.3 Å². The van der Waals surface area contributed by atoms with Gasteiger partial charge in [-0.1, -0.05) is 30.3 Å². The van der Waals surface area contributed by atoms with Gasteiger partial charge in [0, 0.05) is 23.8 Å². The summed E-state index contributed by atoms with van der Waals surface area (Å²) in [5, 5.41) is 13.9. The third kappa shape index (κ3) is 5.30. The molecule has 1 amide bonds. The predicted octanol–water partition coefficient (Wildman–Crippen LogP) is 4.44. The Labute approximate surface area is 252 Å². The van der Waals surface area contributed by atoms with E-state index in [0.717, 1.165) is 0 Å². The molecular weight excluding hydrogens is 589 g/mol. The number of benzene rings is 3. The Morgan fingerprint density at radius 3 is 2.57 bits per heavy atom. The molecule has 3 aromatic carbocycles. The minimum absolute atomic E-state index is 0.0279. The number of halogens is 1. The third-order valence-electron chi connectivity index (χ3n) is 8.35. The zero-order valence-corrected chi connectivity index (χ0v) is 24.5. The zero-order valence-electron chi connectivity index (χ0n) is 23.7. The summed E-state index contributed by atoms with van der Waals surface area (Å²) in [6.45, 7) is 0.0478. The Hall–Kier alpha value is -4.71. The fourth-order valence-corrected chi connectivity index (χ4v) is 7.88. The Balaban J connectivity index is 1.45. The lowest BCUT2D eigenvalue weighted by molar-refractivity contribution is -0.143. The van der Waals surface area contributed by atoms with Crippen LogP contribution in [0.4, 0.5) is 10.1 Å². The van der Waals surface area contributed by atoms with Gasteiger partial charge in [-0.05, 0) is 72.2 Å². The van der Waals surface area contributed by atoms with Gasteiger partial charge in [-0.2, -0.15) is 0 Å². The highest BCUT2D eigenvalue weighted by Gasteiger charge is 2.47. The molecule has 12 heteroatoms. The maximum atomic E-state index is 14.5. The summed E-state index contributed by atoms with van der Waals surface area (Å²) in [6.07, 6.45) is 2.69. The van der Waals surface area contributed by atoms with Gasteiger partial charge in [-0.15, -0.1) is 0 Å². The molecule has 10 nitrogen and oxygen atoms in total. The highest BCUT2D eigenvalue weighted by atomic mass is 32.2. The molecular formula is C32H30FN3O7S. The van der Waals surface area contributed by atoms with Crippen LogP contribution < -0.4 is 15.6 Å². The van der Waals surface area contributed by atoms with Crippen LogP contribution in [0.25, 0.3) is 10.8 Å². The molecule has 44 heavy (non-hydrogen) atoms. The number of methoxy groups -OCH3 is 1. The smallest absolute Gasteiger partial charge is 0.309 e. The number of fused-ring (bicyclic) bond motifs is 1. The van der Waals surface area contributed by atoms with Crippen molar-refractivity contribution in [3.63, 3.8) is 0 Å². The number of likely N-dealkylation sites (tertiary alicyclic amines) is 1. The number of hydrogen-bond donors (Lipinski definition) is 3. The van der Waals surface area contributed by atoms with Gasteiger partial charge in [-0.25, -0.2) is 12.8 Å². The number of amides is 1. The minimum atomic E-state index is -3.73. The number of ether oxygens (including phenoxy) is 1. The molecule has 3 N–H and O–H groups in total. The molecule has 1 aliphatic carbocycles. The van der Waals surface area contributed by atoms with Crippen molar-refractivity contribution < 1.29 is 32.2 Å². The summed E-state index contributed by atoms with van der Waals surface area (Å²) in [6, 6.07) is 14.7. The number of sulfone groups is 1. The molecule has 1 saturated carbocycles. The number of aromatic amines is 1. The first kappa shape index (κ1) is 29.4. The summed E-state index contributed by atoms with van der Waals surface area (Å²) >= 11 is 0. The van der Waals surface area contributed by atoms with E-state index in [1.165, 1.54) is 42.5 Å². The number of nitrogens with one attached hydrogen (secondary N) is 2. The van der Waals surface area contributed by atoms with Crippen molar-refractivity contribution in [3.05, 3.63) is 100 Å². The van der Waals surface area contributed by atoms with Gasteiger partial charge in [0.15, 0.2) is 21.4 Å². The van der Waals surface area contributed by atoms with E-state index in [1.807, 2.05) is 0 Å². The summed E-state index contributed by atoms with van der Waals surface area (Å²) in [5.41, 5.74) is 0.671. The number of carboxylic acid groups (broad SMARTS) is 1. The minimum Gasteiger partial charge on any atom is -0.494 e. The van der Waals surface area contributed by atoms with Crippen LogP contribution in [0.15, 0.2) is 82.6 Å². The summed E-state index contributed by atoms with van der Waals surface area (Å²) < 4.78 is 46.4. The Kier molecular flexibility index (Phi) is 7.62. The zero-order chi connectivity index (χ0) is 31.2. The highest BCUT2D eigenvalue weighted by molar-refractivity contribution is 7.92. The first-order chi connectivity index (χ1) is 21.1. The Bertz CT molecular complexity index is 1940. The number of H-pyrrole nitrogens is 1. The molecule has 1 saturated heterocycles. The van der Waals surface area contributed by atoms with Gasteiger partial charge in [0.1, 0.15) is 6.04 Å². The topological polar surface area (TPSA) is 146 Å². The number of aromatic nitrogens is 1. The van der Waals surface area contributed by atoms with Gasteiger partial charge in [0.05, 0.1) is 29.2 Å². The fraction of sp³-hybridized carbons (Fsp3) is 0.281. The second kappa shape index (κ2) is 11.4. The average molecular weight is 620 g/mol. The van der Waals surface area contributed by atoms with Crippen molar-refractivity contribution in [2.24, 2.45) is 5.92 Å². The van der Waals surface area contributed by atoms with Gasteiger partial charge >= 0.3 is 5.97 Å². The standard InChI is InChI=1S/C32H30FN3O7S/c1-43-26-16-19(7-11-25(26)33)28(35-20-8-6-18-12-14-34-30(37)24(18)17-20)31(38)36-15-13-23(32(39)40)29(36)22-4-2-3-5-27(22)44(41,42)21-9-10-21/h2-8,11-12,14,16-17,21,23,28-29,35H,9-10,13,15H2,1H3,(H,34,37)(H,39,40)/t23-,28+,29-/m0/s1. The molecule has 2 aliphatic rings. The molecule has 1 aromatic heterocycles. The van der Waals surface area contributed by atoms with E-state index in [-0.39, 0.29) is 34.7 Å². The van der Waals surface area contributed by atoms with Crippen LogP contribution in [0.1, 0.15) is 42.5 Å². The molecule has 0 unspecified atom stereocenters. The summed E-state index contributed by atoms with van der Waals surface area (Å²) in [5.74, 6) is -3.49. The van der Waals surface area contributed by atoms with Crippen molar-refractivity contribution in [1.82, 2.24) is 9.88 Å². The van der Waals surface area contributed by atoms with Crippen molar-refractivity contribution in [1.29, 1.82) is 0 Å².